The van der Waals surface area contributed by atoms with E-state index in [4.69, 9.17) is 9.47 Å². The molecule has 0 radical (unpaired) electrons. The number of anilines is 1. The van der Waals surface area contributed by atoms with Crippen LogP contribution < -0.4 is 20.1 Å². The Morgan fingerprint density at radius 2 is 1.95 bits per heavy atom. The Hall–Kier alpha value is -2.68. The Morgan fingerprint density at radius 1 is 1.18 bits per heavy atom. The van der Waals surface area contributed by atoms with Gasteiger partial charge in [0.25, 0.3) is 11.8 Å². The smallest absolute Gasteiger partial charge is 0.320 e. The van der Waals surface area contributed by atoms with Crippen molar-refractivity contribution in [2.75, 3.05) is 26.6 Å². The molecule has 116 valence electrons. The molecule has 2 aromatic rings. The molecule has 2 N–H and O–H groups in total. The fourth-order valence-corrected chi connectivity index (χ4v) is 2.38. The van der Waals surface area contributed by atoms with Crippen molar-refractivity contribution < 1.29 is 19.1 Å². The van der Waals surface area contributed by atoms with E-state index in [0.29, 0.717) is 10.6 Å². The lowest BCUT2D eigenvalue weighted by atomic mass is 10.3. The predicted octanol–water partition coefficient (Wildman–Crippen LogP) is 1.17. The largest absolute Gasteiger partial charge is 0.481 e. The van der Waals surface area contributed by atoms with Gasteiger partial charge < -0.3 is 20.1 Å². The van der Waals surface area contributed by atoms with Crippen LogP contribution in [0.15, 0.2) is 17.5 Å². The van der Waals surface area contributed by atoms with E-state index in [0.717, 1.165) is 0 Å². The van der Waals surface area contributed by atoms with Gasteiger partial charge in [-0.1, -0.05) is 0 Å². The van der Waals surface area contributed by atoms with E-state index in [-0.39, 0.29) is 23.5 Å². The Kier molecular flexibility index (Phi) is 4.89. The summed E-state index contributed by atoms with van der Waals surface area (Å²) in [6, 6.07) is 3.02. The second-order valence-electron chi connectivity index (χ2n) is 3.98. The van der Waals surface area contributed by atoms with Crippen LogP contribution in [0, 0.1) is 0 Å². The second kappa shape index (κ2) is 6.85. The summed E-state index contributed by atoms with van der Waals surface area (Å²) in [6.07, 6.45) is 0. The summed E-state index contributed by atoms with van der Waals surface area (Å²) in [7, 11) is 4.33. The van der Waals surface area contributed by atoms with E-state index in [2.05, 4.69) is 20.6 Å². The van der Waals surface area contributed by atoms with Gasteiger partial charge in [-0.3, -0.25) is 9.59 Å². The topological polar surface area (TPSA) is 102 Å². The second-order valence-corrected chi connectivity index (χ2v) is 4.90. The average Bonchev–Trinajstić information content (AvgIpc) is 3.01. The summed E-state index contributed by atoms with van der Waals surface area (Å²) in [5, 5.41) is 7.29. The van der Waals surface area contributed by atoms with E-state index in [1.165, 1.54) is 38.7 Å². The van der Waals surface area contributed by atoms with Gasteiger partial charge in [-0.25, -0.2) is 0 Å². The van der Waals surface area contributed by atoms with Crippen LogP contribution in [0.2, 0.25) is 0 Å². The molecule has 0 saturated carbocycles. The molecule has 9 heteroatoms. The van der Waals surface area contributed by atoms with Crippen molar-refractivity contribution in [2.45, 2.75) is 0 Å². The molecule has 0 unspecified atom stereocenters. The van der Waals surface area contributed by atoms with E-state index < -0.39 is 5.91 Å². The molecule has 0 aliphatic rings. The Balaban J connectivity index is 2.26. The van der Waals surface area contributed by atoms with Gasteiger partial charge in [0.15, 0.2) is 0 Å². The van der Waals surface area contributed by atoms with E-state index in [1.54, 1.807) is 11.4 Å². The average molecular weight is 322 g/mol. The van der Waals surface area contributed by atoms with Gasteiger partial charge in [0, 0.05) is 13.1 Å². The highest BCUT2D eigenvalue weighted by molar-refractivity contribution is 7.14. The Labute approximate surface area is 130 Å². The summed E-state index contributed by atoms with van der Waals surface area (Å²) in [5.41, 5.74) is 0.453. The zero-order chi connectivity index (χ0) is 16.1. The fourth-order valence-electron chi connectivity index (χ4n) is 1.60. The molecular formula is C13H14N4O4S. The first-order valence-electron chi connectivity index (χ1n) is 6.17. The lowest BCUT2D eigenvalue weighted by Gasteiger charge is -2.07. The standard InChI is InChI=1S/C13H14N4O4S/c1-14-10(18)7-4-5-22-12(7)17-11(19)8-6-9(20-2)16-13(15-8)21-3/h4-6H,1-3H3,(H,14,18)(H,17,19). The molecule has 2 amide bonds. The van der Waals surface area contributed by atoms with Crippen LogP contribution in [-0.4, -0.2) is 43.0 Å². The van der Waals surface area contributed by atoms with Crippen LogP contribution in [0.4, 0.5) is 5.00 Å². The summed E-state index contributed by atoms with van der Waals surface area (Å²) in [6.45, 7) is 0. The maximum Gasteiger partial charge on any atom is 0.320 e. The number of ether oxygens (including phenoxy) is 2. The third-order valence-electron chi connectivity index (χ3n) is 2.67. The number of hydrogen-bond donors (Lipinski definition) is 2. The summed E-state index contributed by atoms with van der Waals surface area (Å²) < 4.78 is 9.91. The van der Waals surface area contributed by atoms with E-state index >= 15 is 0 Å². The minimum atomic E-state index is -0.494. The molecule has 2 heterocycles. The third-order valence-corrected chi connectivity index (χ3v) is 3.50. The lowest BCUT2D eigenvalue weighted by Crippen LogP contribution is -2.20. The van der Waals surface area contributed by atoms with Crippen molar-refractivity contribution in [2.24, 2.45) is 0 Å². The molecule has 0 aliphatic carbocycles. The summed E-state index contributed by atoms with van der Waals surface area (Å²) in [5.74, 6) is -0.573. The number of carbonyl (C=O) groups is 2. The molecule has 2 rings (SSSR count). The van der Waals surface area contributed by atoms with Crippen molar-refractivity contribution in [1.82, 2.24) is 15.3 Å². The van der Waals surface area contributed by atoms with Gasteiger partial charge in [-0.05, 0) is 11.4 Å². The number of amides is 2. The molecule has 0 aromatic carbocycles. The van der Waals surface area contributed by atoms with Crippen molar-refractivity contribution in [3.8, 4) is 11.9 Å². The Bertz CT molecular complexity index is 679. The number of nitrogens with one attached hydrogen (secondary N) is 2. The number of thiophene rings is 1. The maximum absolute atomic E-state index is 12.3. The lowest BCUT2D eigenvalue weighted by molar-refractivity contribution is 0.0964. The molecule has 8 nitrogen and oxygen atoms in total. The first kappa shape index (κ1) is 15.7. The summed E-state index contributed by atoms with van der Waals surface area (Å²) >= 11 is 1.24. The normalized spacial score (nSPS) is 9.95. The van der Waals surface area contributed by atoms with Crippen molar-refractivity contribution in [1.29, 1.82) is 0 Å². The maximum atomic E-state index is 12.3. The monoisotopic (exact) mass is 322 g/mol. The van der Waals surface area contributed by atoms with Crippen LogP contribution >= 0.6 is 11.3 Å². The molecule has 2 aromatic heterocycles. The van der Waals surface area contributed by atoms with Crippen molar-refractivity contribution in [3.63, 3.8) is 0 Å². The molecule has 0 saturated heterocycles. The summed E-state index contributed by atoms with van der Waals surface area (Å²) in [4.78, 5) is 31.8. The van der Waals surface area contributed by atoms with Crippen molar-refractivity contribution in [3.05, 3.63) is 28.8 Å². The van der Waals surface area contributed by atoms with Gasteiger partial charge in [0.1, 0.15) is 10.7 Å². The van der Waals surface area contributed by atoms with Gasteiger partial charge in [0.2, 0.25) is 5.88 Å². The fraction of sp³-hybridized carbons (Fsp3) is 0.231. The molecule has 0 atom stereocenters. The highest BCUT2D eigenvalue weighted by Crippen LogP contribution is 2.24. The van der Waals surface area contributed by atoms with Crippen LogP contribution in [0.25, 0.3) is 0 Å². The van der Waals surface area contributed by atoms with Gasteiger partial charge in [0.05, 0.1) is 19.8 Å². The number of rotatable bonds is 5. The Morgan fingerprint density at radius 3 is 2.59 bits per heavy atom. The zero-order valence-electron chi connectivity index (χ0n) is 12.2. The SMILES string of the molecule is CNC(=O)c1ccsc1NC(=O)c1cc(OC)nc(OC)n1. The molecule has 0 aliphatic heterocycles. The molecular weight excluding hydrogens is 308 g/mol. The minimum absolute atomic E-state index is 0.0159. The van der Waals surface area contributed by atoms with Gasteiger partial charge in [-0.2, -0.15) is 9.97 Å². The first-order valence-corrected chi connectivity index (χ1v) is 7.05. The third kappa shape index (κ3) is 3.31. The number of aromatic nitrogens is 2. The number of methoxy groups -OCH3 is 2. The van der Waals surface area contributed by atoms with Crippen LogP contribution in [0.3, 0.4) is 0 Å². The number of carbonyl (C=O) groups excluding carboxylic acids is 2. The van der Waals surface area contributed by atoms with Crippen LogP contribution in [0.1, 0.15) is 20.8 Å². The van der Waals surface area contributed by atoms with Gasteiger partial charge >= 0.3 is 6.01 Å². The van der Waals surface area contributed by atoms with Crippen LogP contribution in [0.5, 0.6) is 11.9 Å². The van der Waals surface area contributed by atoms with E-state index in [9.17, 15) is 9.59 Å². The molecule has 0 spiro atoms. The van der Waals surface area contributed by atoms with Crippen molar-refractivity contribution >= 4 is 28.2 Å². The van der Waals surface area contributed by atoms with Gasteiger partial charge in [-0.15, -0.1) is 11.3 Å². The quantitative estimate of drug-likeness (QED) is 0.856. The molecule has 0 fully saturated rings. The molecule has 22 heavy (non-hydrogen) atoms. The van der Waals surface area contributed by atoms with E-state index in [1.807, 2.05) is 0 Å². The molecule has 0 bridgehead atoms. The first-order chi connectivity index (χ1) is 10.6. The predicted molar refractivity (Wildman–Crippen MR) is 80.8 cm³/mol. The number of hydrogen-bond acceptors (Lipinski definition) is 7. The van der Waals surface area contributed by atoms with Crippen LogP contribution in [-0.2, 0) is 0 Å². The zero-order valence-corrected chi connectivity index (χ0v) is 13.0. The highest BCUT2D eigenvalue weighted by Gasteiger charge is 2.17. The number of nitrogens with zero attached hydrogens (tertiary/aromatic N) is 2. The minimum Gasteiger partial charge on any atom is -0.481 e. The highest BCUT2D eigenvalue weighted by atomic mass is 32.1.